The van der Waals surface area contributed by atoms with Crippen molar-refractivity contribution in [2.45, 2.75) is 32.9 Å². The van der Waals surface area contributed by atoms with Crippen molar-refractivity contribution >= 4 is 0 Å². The second kappa shape index (κ2) is 7.29. The Bertz CT molecular complexity index is 525. The van der Waals surface area contributed by atoms with E-state index in [0.717, 1.165) is 25.2 Å². The number of nitrogens with zero attached hydrogens (tertiary/aromatic N) is 3. The van der Waals surface area contributed by atoms with E-state index in [1.807, 2.05) is 6.07 Å². The molecule has 3 rings (SSSR count). The van der Waals surface area contributed by atoms with E-state index in [9.17, 15) is 4.39 Å². The maximum absolute atomic E-state index is 13.5. The summed E-state index contributed by atoms with van der Waals surface area (Å²) < 4.78 is 13.5. The van der Waals surface area contributed by atoms with Gasteiger partial charge in [-0.25, -0.2) is 4.39 Å². The number of rotatable bonds is 3. The van der Waals surface area contributed by atoms with Crippen molar-refractivity contribution in [2.75, 3.05) is 46.3 Å². The van der Waals surface area contributed by atoms with Gasteiger partial charge in [0.05, 0.1) is 0 Å². The quantitative estimate of drug-likeness (QED) is 0.848. The Kier molecular flexibility index (Phi) is 5.34. The van der Waals surface area contributed by atoms with E-state index in [1.165, 1.54) is 38.2 Å². The van der Waals surface area contributed by atoms with Gasteiger partial charge in [-0.15, -0.1) is 0 Å². The molecule has 0 N–H and O–H groups in total. The Morgan fingerprint density at radius 3 is 2.57 bits per heavy atom. The van der Waals surface area contributed by atoms with Crippen LogP contribution in [0.4, 0.5) is 4.39 Å². The molecule has 2 aliphatic rings. The fourth-order valence-electron chi connectivity index (χ4n) is 4.11. The molecule has 128 valence electrons. The SMILES string of the molecule is Cc1ccc(F)cc1CN1CCC(N2CCN(C)CC2)C(C)C1. The third kappa shape index (κ3) is 4.11. The molecule has 23 heavy (non-hydrogen) atoms. The maximum atomic E-state index is 13.5. The molecule has 2 atom stereocenters. The molecule has 1 aromatic rings. The summed E-state index contributed by atoms with van der Waals surface area (Å²) in [5, 5.41) is 0. The highest BCUT2D eigenvalue weighted by molar-refractivity contribution is 5.26. The molecule has 0 spiro atoms. The second-order valence-corrected chi connectivity index (χ2v) is 7.48. The van der Waals surface area contributed by atoms with Gasteiger partial charge < -0.3 is 4.90 Å². The number of hydrogen-bond donors (Lipinski definition) is 0. The standard InChI is InChI=1S/C19H30FN3/c1-15-4-5-18(20)12-17(15)14-22-7-6-19(16(2)13-22)23-10-8-21(3)9-11-23/h4-5,12,16,19H,6-11,13-14H2,1-3H3. The molecular weight excluding hydrogens is 289 g/mol. The highest BCUT2D eigenvalue weighted by atomic mass is 19.1. The van der Waals surface area contributed by atoms with Gasteiger partial charge in [0.1, 0.15) is 5.82 Å². The maximum Gasteiger partial charge on any atom is 0.123 e. The third-order valence-corrected chi connectivity index (χ3v) is 5.66. The fourth-order valence-corrected chi connectivity index (χ4v) is 4.11. The van der Waals surface area contributed by atoms with Gasteiger partial charge in [0.2, 0.25) is 0 Å². The zero-order valence-electron chi connectivity index (χ0n) is 14.8. The number of piperazine rings is 1. The number of piperidine rings is 1. The van der Waals surface area contributed by atoms with Crippen LogP contribution in [0.25, 0.3) is 0 Å². The lowest BCUT2D eigenvalue weighted by molar-refractivity contribution is 0.0324. The van der Waals surface area contributed by atoms with Crippen LogP contribution in [0.15, 0.2) is 18.2 Å². The fraction of sp³-hybridized carbons (Fsp3) is 0.684. The number of halogens is 1. The second-order valence-electron chi connectivity index (χ2n) is 7.48. The predicted molar refractivity (Wildman–Crippen MR) is 93.1 cm³/mol. The van der Waals surface area contributed by atoms with E-state index in [4.69, 9.17) is 0 Å². The normalized spacial score (nSPS) is 28.2. The van der Waals surface area contributed by atoms with Crippen molar-refractivity contribution in [3.63, 3.8) is 0 Å². The zero-order valence-corrected chi connectivity index (χ0v) is 14.8. The summed E-state index contributed by atoms with van der Waals surface area (Å²) in [6.45, 7) is 12.4. The molecule has 2 heterocycles. The minimum Gasteiger partial charge on any atom is -0.304 e. The monoisotopic (exact) mass is 319 g/mol. The Labute approximate surface area is 140 Å². The average molecular weight is 319 g/mol. The van der Waals surface area contributed by atoms with Crippen LogP contribution in [-0.2, 0) is 6.54 Å². The largest absolute Gasteiger partial charge is 0.304 e. The molecule has 2 saturated heterocycles. The van der Waals surface area contributed by atoms with Crippen LogP contribution in [0.3, 0.4) is 0 Å². The number of aryl methyl sites for hydroxylation is 1. The van der Waals surface area contributed by atoms with Crippen molar-refractivity contribution in [1.29, 1.82) is 0 Å². The molecule has 1 aromatic carbocycles. The molecular formula is C19H30FN3. The first kappa shape index (κ1) is 16.9. The zero-order chi connectivity index (χ0) is 16.4. The molecule has 4 heteroatoms. The molecule has 0 aliphatic carbocycles. The molecule has 0 saturated carbocycles. The Morgan fingerprint density at radius 2 is 1.87 bits per heavy atom. The number of benzene rings is 1. The molecule has 0 aromatic heterocycles. The van der Waals surface area contributed by atoms with Crippen LogP contribution in [0.1, 0.15) is 24.5 Å². The van der Waals surface area contributed by atoms with Crippen LogP contribution < -0.4 is 0 Å². The lowest BCUT2D eigenvalue weighted by Crippen LogP contribution is -2.55. The Balaban J connectivity index is 1.57. The van der Waals surface area contributed by atoms with Gasteiger partial charge in [0.15, 0.2) is 0 Å². The number of likely N-dealkylation sites (N-methyl/N-ethyl adjacent to an activating group) is 1. The smallest absolute Gasteiger partial charge is 0.123 e. The summed E-state index contributed by atoms with van der Waals surface area (Å²) in [6.07, 6.45) is 1.24. The van der Waals surface area contributed by atoms with Gasteiger partial charge in [-0.3, -0.25) is 9.80 Å². The summed E-state index contributed by atoms with van der Waals surface area (Å²) in [7, 11) is 2.21. The first-order valence-electron chi connectivity index (χ1n) is 8.93. The molecule has 0 bridgehead atoms. The van der Waals surface area contributed by atoms with Crippen molar-refractivity contribution in [3.8, 4) is 0 Å². The van der Waals surface area contributed by atoms with E-state index in [-0.39, 0.29) is 5.82 Å². The van der Waals surface area contributed by atoms with Gasteiger partial charge in [0, 0.05) is 45.3 Å². The molecule has 2 fully saturated rings. The van der Waals surface area contributed by atoms with Crippen molar-refractivity contribution < 1.29 is 4.39 Å². The first-order chi connectivity index (χ1) is 11.0. The number of likely N-dealkylation sites (tertiary alicyclic amines) is 1. The summed E-state index contributed by atoms with van der Waals surface area (Å²) in [4.78, 5) is 7.61. The average Bonchev–Trinajstić information content (AvgIpc) is 2.52. The van der Waals surface area contributed by atoms with E-state index in [0.29, 0.717) is 12.0 Å². The van der Waals surface area contributed by atoms with Gasteiger partial charge >= 0.3 is 0 Å². The summed E-state index contributed by atoms with van der Waals surface area (Å²) >= 11 is 0. The highest BCUT2D eigenvalue weighted by Gasteiger charge is 2.31. The molecule has 3 nitrogen and oxygen atoms in total. The van der Waals surface area contributed by atoms with Gasteiger partial charge in [0.25, 0.3) is 0 Å². The minimum atomic E-state index is -0.119. The van der Waals surface area contributed by atoms with E-state index >= 15 is 0 Å². The summed E-state index contributed by atoms with van der Waals surface area (Å²) in [5.41, 5.74) is 2.33. The van der Waals surface area contributed by atoms with E-state index in [1.54, 1.807) is 12.1 Å². The van der Waals surface area contributed by atoms with Gasteiger partial charge in [-0.1, -0.05) is 13.0 Å². The van der Waals surface area contributed by atoms with E-state index in [2.05, 4.69) is 35.6 Å². The molecule has 2 aliphatic heterocycles. The molecule has 2 unspecified atom stereocenters. The topological polar surface area (TPSA) is 9.72 Å². The molecule has 0 radical (unpaired) electrons. The van der Waals surface area contributed by atoms with Crippen LogP contribution >= 0.6 is 0 Å². The number of hydrogen-bond acceptors (Lipinski definition) is 3. The lowest BCUT2D eigenvalue weighted by Gasteiger charge is -2.45. The van der Waals surface area contributed by atoms with E-state index < -0.39 is 0 Å². The minimum absolute atomic E-state index is 0.119. The summed E-state index contributed by atoms with van der Waals surface area (Å²) in [5.74, 6) is 0.562. The van der Waals surface area contributed by atoms with Crippen LogP contribution in [-0.4, -0.2) is 67.1 Å². The van der Waals surface area contributed by atoms with Gasteiger partial charge in [-0.2, -0.15) is 0 Å². The lowest BCUT2D eigenvalue weighted by atomic mass is 9.91. The summed E-state index contributed by atoms with van der Waals surface area (Å²) in [6, 6.07) is 5.87. The predicted octanol–water partition coefficient (Wildman–Crippen LogP) is 2.59. The van der Waals surface area contributed by atoms with Crippen LogP contribution in [0.2, 0.25) is 0 Å². The Morgan fingerprint density at radius 1 is 1.13 bits per heavy atom. The highest BCUT2D eigenvalue weighted by Crippen LogP contribution is 2.25. The Hall–Kier alpha value is -0.970. The van der Waals surface area contributed by atoms with Crippen molar-refractivity contribution in [1.82, 2.24) is 14.7 Å². The molecule has 0 amide bonds. The third-order valence-electron chi connectivity index (χ3n) is 5.66. The van der Waals surface area contributed by atoms with Crippen molar-refractivity contribution in [3.05, 3.63) is 35.1 Å². The van der Waals surface area contributed by atoms with Gasteiger partial charge in [-0.05, 0) is 56.1 Å². The van der Waals surface area contributed by atoms with Crippen LogP contribution in [0, 0.1) is 18.7 Å². The van der Waals surface area contributed by atoms with Crippen molar-refractivity contribution in [2.24, 2.45) is 5.92 Å². The van der Waals surface area contributed by atoms with Crippen LogP contribution in [0.5, 0.6) is 0 Å². The first-order valence-corrected chi connectivity index (χ1v) is 8.93.